The van der Waals surface area contributed by atoms with Crippen molar-refractivity contribution < 1.29 is 9.53 Å². The number of rotatable bonds is 3. The Labute approximate surface area is 189 Å². The van der Waals surface area contributed by atoms with Gasteiger partial charge in [-0.3, -0.25) is 5.32 Å². The van der Waals surface area contributed by atoms with E-state index in [1.807, 2.05) is 0 Å². The number of anilines is 1. The predicted octanol–water partition coefficient (Wildman–Crippen LogP) is 6.41. The number of ether oxygens (including phenoxy) is 1. The van der Waals surface area contributed by atoms with Crippen molar-refractivity contribution in [3.63, 3.8) is 0 Å². The van der Waals surface area contributed by atoms with Crippen LogP contribution in [0.1, 0.15) is 18.6 Å². The van der Waals surface area contributed by atoms with Gasteiger partial charge in [-0.25, -0.2) is 19.7 Å². The summed E-state index contributed by atoms with van der Waals surface area (Å²) in [6.07, 6.45) is -0.649. The molecule has 0 aliphatic heterocycles. The number of alkyl halides is 6. The summed E-state index contributed by atoms with van der Waals surface area (Å²) in [6, 6.07) is 4.55. The zero-order chi connectivity index (χ0) is 20.4. The highest BCUT2D eigenvalue weighted by molar-refractivity contribution is 6.67. The quantitative estimate of drug-likeness (QED) is 0.480. The van der Waals surface area contributed by atoms with Crippen LogP contribution in [-0.4, -0.2) is 27.7 Å². The van der Waals surface area contributed by atoms with Gasteiger partial charge in [-0.2, -0.15) is 0 Å². The maximum atomic E-state index is 11.5. The molecule has 1 aromatic heterocycles. The van der Waals surface area contributed by atoms with Crippen molar-refractivity contribution in [2.75, 3.05) is 11.9 Å². The van der Waals surface area contributed by atoms with Crippen LogP contribution < -0.4 is 5.32 Å². The Morgan fingerprint density at radius 3 is 2.04 bits per heavy atom. The maximum absolute atomic E-state index is 11.5. The van der Waals surface area contributed by atoms with Gasteiger partial charge in [0, 0.05) is 5.56 Å². The Bertz CT molecular complexity index is 820. The second kappa shape index (κ2) is 8.91. The molecule has 0 saturated carbocycles. The van der Waals surface area contributed by atoms with Crippen molar-refractivity contribution in [2.45, 2.75) is 14.5 Å². The van der Waals surface area contributed by atoms with Crippen molar-refractivity contribution in [3.05, 3.63) is 34.9 Å². The summed E-state index contributed by atoms with van der Waals surface area (Å²) in [5.74, 6) is -0.412. The highest BCUT2D eigenvalue weighted by Crippen LogP contribution is 2.41. The van der Waals surface area contributed by atoms with Crippen LogP contribution in [0.5, 0.6) is 0 Å². The summed E-state index contributed by atoms with van der Waals surface area (Å²) in [6.45, 7) is 1.89. The van der Waals surface area contributed by atoms with E-state index in [2.05, 4.69) is 20.3 Å². The van der Waals surface area contributed by atoms with Crippen molar-refractivity contribution in [2.24, 2.45) is 0 Å². The van der Waals surface area contributed by atoms with Crippen LogP contribution in [0.4, 0.5) is 10.5 Å². The Morgan fingerprint density at radius 1 is 1.04 bits per heavy atom. The van der Waals surface area contributed by atoms with E-state index in [-0.39, 0.29) is 29.1 Å². The number of aromatic nitrogens is 3. The van der Waals surface area contributed by atoms with Crippen molar-refractivity contribution in [3.8, 4) is 11.4 Å². The molecule has 6 nitrogen and oxygen atoms in total. The molecule has 27 heavy (non-hydrogen) atoms. The Morgan fingerprint density at radius 2 is 1.59 bits per heavy atom. The lowest BCUT2D eigenvalue weighted by Crippen LogP contribution is -2.17. The first kappa shape index (κ1) is 22.8. The number of halogens is 7. The number of nitrogens with one attached hydrogen (secondary N) is 1. The molecule has 0 aliphatic carbocycles. The minimum absolute atomic E-state index is 0.0530. The van der Waals surface area contributed by atoms with E-state index in [1.165, 1.54) is 12.1 Å². The second-order valence-corrected chi connectivity index (χ2v) is 9.81. The number of nitrogens with zero attached hydrogens (tertiary/aromatic N) is 3. The number of hydrogen-bond acceptors (Lipinski definition) is 5. The van der Waals surface area contributed by atoms with E-state index < -0.39 is 13.7 Å². The first-order valence-electron chi connectivity index (χ1n) is 7.06. The summed E-state index contributed by atoms with van der Waals surface area (Å²) < 4.78 is 0.843. The van der Waals surface area contributed by atoms with Crippen LogP contribution in [0.2, 0.25) is 5.02 Å². The van der Waals surface area contributed by atoms with Crippen LogP contribution in [0.3, 0.4) is 0 Å². The van der Waals surface area contributed by atoms with Gasteiger partial charge < -0.3 is 4.74 Å². The summed E-state index contributed by atoms with van der Waals surface area (Å²) in [5, 5.41) is 2.68. The van der Waals surface area contributed by atoms with Gasteiger partial charge in [0.05, 0.1) is 17.3 Å². The molecule has 1 amide bonds. The Hall–Kier alpha value is -0.470. The van der Waals surface area contributed by atoms with Crippen molar-refractivity contribution in [1.29, 1.82) is 0 Å². The lowest BCUT2D eigenvalue weighted by molar-refractivity contribution is 0.168. The molecule has 0 fully saturated rings. The summed E-state index contributed by atoms with van der Waals surface area (Å²) in [5.41, 5.74) is 0.721. The molecule has 13 heteroatoms. The molecular formula is C14H9Cl7N4O2. The minimum Gasteiger partial charge on any atom is -0.450 e. The molecule has 2 rings (SSSR count). The van der Waals surface area contributed by atoms with Crippen molar-refractivity contribution in [1.82, 2.24) is 15.0 Å². The average Bonchev–Trinajstić information content (AvgIpc) is 2.55. The SMILES string of the molecule is CCOC(=O)Nc1ccc(-c2nc(C(Cl)(Cl)Cl)nc(C(Cl)(Cl)Cl)n2)cc1Cl. The zero-order valence-electron chi connectivity index (χ0n) is 13.2. The molecular weight excluding hydrogens is 504 g/mol. The lowest BCUT2D eigenvalue weighted by atomic mass is 10.2. The fraction of sp³-hybridized carbons (Fsp3) is 0.286. The fourth-order valence-electron chi connectivity index (χ4n) is 1.79. The third kappa shape index (κ3) is 6.26. The Kier molecular flexibility index (Phi) is 7.53. The maximum Gasteiger partial charge on any atom is 0.411 e. The standard InChI is InChI=1S/C14H9Cl7N4O2/c1-2-27-12(26)22-8-4-3-6(5-7(8)15)9-23-10(13(16,17)18)25-11(24-9)14(19,20)21/h3-5H,2H2,1H3,(H,22,26). The normalized spacial score (nSPS) is 12.0. The molecule has 0 unspecified atom stereocenters. The van der Waals surface area contributed by atoms with E-state index in [0.717, 1.165) is 0 Å². The van der Waals surface area contributed by atoms with Gasteiger partial charge >= 0.3 is 6.09 Å². The molecule has 1 aromatic carbocycles. The molecule has 1 heterocycles. The first-order chi connectivity index (χ1) is 12.4. The first-order valence-corrected chi connectivity index (χ1v) is 9.70. The molecule has 0 bridgehead atoms. The molecule has 0 saturated heterocycles. The summed E-state index contributed by atoms with van der Waals surface area (Å²) in [7, 11) is 0. The number of benzene rings is 1. The highest BCUT2D eigenvalue weighted by atomic mass is 35.6. The molecule has 0 aliphatic rings. The number of carbonyl (C=O) groups excluding carboxylic acids is 1. The van der Waals surface area contributed by atoms with Gasteiger partial charge in [0.25, 0.3) is 0 Å². The van der Waals surface area contributed by atoms with Crippen LogP contribution in [0.25, 0.3) is 11.4 Å². The van der Waals surface area contributed by atoms with Crippen LogP contribution in [0, 0.1) is 0 Å². The second-order valence-electron chi connectivity index (χ2n) is 4.84. The molecule has 2 aromatic rings. The van der Waals surface area contributed by atoms with Gasteiger partial charge in [0.1, 0.15) is 0 Å². The third-order valence-electron chi connectivity index (χ3n) is 2.88. The number of amides is 1. The fourth-order valence-corrected chi connectivity index (χ4v) is 2.53. The van der Waals surface area contributed by atoms with Gasteiger partial charge in [-0.1, -0.05) is 81.2 Å². The number of hydrogen-bond donors (Lipinski definition) is 1. The van der Waals surface area contributed by atoms with Crippen LogP contribution in [-0.2, 0) is 12.3 Å². The van der Waals surface area contributed by atoms with Gasteiger partial charge in [-0.15, -0.1) is 0 Å². The molecule has 146 valence electrons. The molecule has 0 radical (unpaired) electrons. The Balaban J connectivity index is 2.48. The van der Waals surface area contributed by atoms with Crippen molar-refractivity contribution >= 4 is 93.0 Å². The van der Waals surface area contributed by atoms with Gasteiger partial charge in [0.15, 0.2) is 17.5 Å². The van der Waals surface area contributed by atoms with Gasteiger partial charge in [0.2, 0.25) is 7.59 Å². The smallest absolute Gasteiger partial charge is 0.411 e. The summed E-state index contributed by atoms with van der Waals surface area (Å²) in [4.78, 5) is 23.6. The van der Waals surface area contributed by atoms with E-state index in [0.29, 0.717) is 11.3 Å². The van der Waals surface area contributed by atoms with Crippen LogP contribution in [0.15, 0.2) is 18.2 Å². The third-order valence-corrected chi connectivity index (χ3v) is 4.21. The molecule has 0 atom stereocenters. The van der Waals surface area contributed by atoms with E-state index in [4.69, 9.17) is 85.9 Å². The highest BCUT2D eigenvalue weighted by Gasteiger charge is 2.34. The van der Waals surface area contributed by atoms with Gasteiger partial charge in [-0.05, 0) is 25.1 Å². The largest absolute Gasteiger partial charge is 0.450 e. The minimum atomic E-state index is -1.97. The predicted molar refractivity (Wildman–Crippen MR) is 109 cm³/mol. The average molecular weight is 513 g/mol. The topological polar surface area (TPSA) is 77.0 Å². The van der Waals surface area contributed by atoms with E-state index in [9.17, 15) is 4.79 Å². The van der Waals surface area contributed by atoms with E-state index in [1.54, 1.807) is 13.0 Å². The zero-order valence-corrected chi connectivity index (χ0v) is 18.5. The number of carbonyl (C=O) groups is 1. The summed E-state index contributed by atoms with van der Waals surface area (Å²) >= 11 is 41.3. The van der Waals surface area contributed by atoms with Crippen LogP contribution >= 0.6 is 81.2 Å². The molecule has 1 N–H and O–H groups in total. The lowest BCUT2D eigenvalue weighted by Gasteiger charge is -2.16. The van der Waals surface area contributed by atoms with E-state index >= 15 is 0 Å². The monoisotopic (exact) mass is 510 g/mol. The molecule has 0 spiro atoms.